The van der Waals surface area contributed by atoms with E-state index in [1.165, 1.54) is 28.0 Å². The van der Waals surface area contributed by atoms with Crippen molar-refractivity contribution in [2.45, 2.75) is 26.7 Å². The number of hydrogen-bond donors (Lipinski definition) is 1. The van der Waals surface area contributed by atoms with Crippen molar-refractivity contribution in [2.75, 3.05) is 0 Å². The van der Waals surface area contributed by atoms with Gasteiger partial charge in [-0.25, -0.2) is 9.37 Å². The predicted molar refractivity (Wildman–Crippen MR) is 119 cm³/mol. The topological polar surface area (TPSA) is 55.1 Å². The third kappa shape index (κ3) is 3.44. The van der Waals surface area contributed by atoms with E-state index in [4.69, 9.17) is 0 Å². The molecule has 4 rings (SSSR count). The Labute approximate surface area is 177 Å². The van der Waals surface area contributed by atoms with E-state index in [1.807, 2.05) is 41.8 Å². The highest BCUT2D eigenvalue weighted by atomic mass is 32.1. The van der Waals surface area contributed by atoms with E-state index in [-0.39, 0.29) is 16.9 Å². The van der Waals surface area contributed by atoms with Gasteiger partial charge in [0.15, 0.2) is 17.4 Å². The van der Waals surface area contributed by atoms with Gasteiger partial charge in [0.2, 0.25) is 0 Å². The number of aromatic nitrogens is 2. The number of aromatic hydroxyl groups is 1. The molecule has 0 saturated heterocycles. The first-order valence-electron chi connectivity index (χ1n) is 9.64. The minimum absolute atomic E-state index is 0.167. The van der Waals surface area contributed by atoms with E-state index in [0.717, 1.165) is 10.4 Å². The molecule has 0 bridgehead atoms. The average molecular weight is 421 g/mol. The maximum absolute atomic E-state index is 14.1. The molecule has 2 aromatic carbocycles. The number of rotatable bonds is 4. The fourth-order valence-electron chi connectivity index (χ4n) is 3.46. The Bertz CT molecular complexity index is 1260. The molecule has 0 spiro atoms. The van der Waals surface area contributed by atoms with E-state index in [0.29, 0.717) is 22.9 Å². The summed E-state index contributed by atoms with van der Waals surface area (Å²) >= 11 is 1.46. The summed E-state index contributed by atoms with van der Waals surface area (Å²) in [4.78, 5) is 19.1. The molecule has 4 nitrogen and oxygen atoms in total. The monoisotopic (exact) mass is 420 g/mol. The van der Waals surface area contributed by atoms with E-state index >= 15 is 0 Å². The SMILES string of the molecule is Cc1nc(-c2cccc(F)c2O)n(-c2ccc(C(C)C)cc2)c(=O)c1-c1cccs1. The van der Waals surface area contributed by atoms with Crippen LogP contribution in [0.5, 0.6) is 5.75 Å². The lowest BCUT2D eigenvalue weighted by molar-refractivity contribution is 0.434. The molecule has 0 fully saturated rings. The Morgan fingerprint density at radius 1 is 1.07 bits per heavy atom. The predicted octanol–water partition coefficient (Wildman–Crippen LogP) is 5.90. The maximum Gasteiger partial charge on any atom is 0.267 e. The molecule has 0 atom stereocenters. The van der Waals surface area contributed by atoms with Crippen LogP contribution in [0.2, 0.25) is 0 Å². The molecule has 0 aliphatic carbocycles. The van der Waals surface area contributed by atoms with Gasteiger partial charge in [0.1, 0.15) is 0 Å². The second-order valence-electron chi connectivity index (χ2n) is 7.40. The van der Waals surface area contributed by atoms with Gasteiger partial charge in [-0.3, -0.25) is 9.36 Å². The van der Waals surface area contributed by atoms with Gasteiger partial charge in [-0.05, 0) is 54.1 Å². The van der Waals surface area contributed by atoms with Gasteiger partial charge in [0.05, 0.1) is 22.5 Å². The molecule has 0 radical (unpaired) electrons. The summed E-state index contributed by atoms with van der Waals surface area (Å²) < 4.78 is 15.5. The molecule has 30 heavy (non-hydrogen) atoms. The van der Waals surface area contributed by atoms with Gasteiger partial charge in [0.25, 0.3) is 5.56 Å². The number of thiophene rings is 1. The summed E-state index contributed by atoms with van der Waals surface area (Å²) in [5.41, 5.74) is 2.67. The number of phenols is 1. The zero-order chi connectivity index (χ0) is 21.4. The van der Waals surface area contributed by atoms with Crippen LogP contribution in [0.25, 0.3) is 27.5 Å². The summed E-state index contributed by atoms with van der Waals surface area (Å²) in [6.45, 7) is 5.95. The summed E-state index contributed by atoms with van der Waals surface area (Å²) in [7, 11) is 0. The lowest BCUT2D eigenvalue weighted by Crippen LogP contribution is -2.24. The molecule has 0 unspecified atom stereocenters. The van der Waals surface area contributed by atoms with Crippen molar-refractivity contribution >= 4 is 11.3 Å². The molecule has 0 aliphatic heterocycles. The molecular formula is C24H21FN2O2S. The van der Waals surface area contributed by atoms with Crippen LogP contribution in [0, 0.1) is 12.7 Å². The second-order valence-corrected chi connectivity index (χ2v) is 8.34. The van der Waals surface area contributed by atoms with Crippen molar-refractivity contribution in [1.29, 1.82) is 0 Å². The van der Waals surface area contributed by atoms with Crippen LogP contribution in [0.4, 0.5) is 4.39 Å². The molecule has 2 heterocycles. The van der Waals surface area contributed by atoms with Gasteiger partial charge < -0.3 is 5.11 Å². The van der Waals surface area contributed by atoms with Crippen LogP contribution in [-0.2, 0) is 0 Å². The molecular weight excluding hydrogens is 399 g/mol. The largest absolute Gasteiger partial charge is 0.504 e. The van der Waals surface area contributed by atoms with E-state index < -0.39 is 11.6 Å². The molecule has 0 aliphatic rings. The summed E-state index contributed by atoms with van der Waals surface area (Å²) in [6.07, 6.45) is 0. The Kier molecular flexibility index (Phi) is 5.26. The lowest BCUT2D eigenvalue weighted by atomic mass is 10.0. The number of hydrogen-bond acceptors (Lipinski definition) is 4. The van der Waals surface area contributed by atoms with E-state index in [2.05, 4.69) is 18.8 Å². The Morgan fingerprint density at radius 2 is 1.80 bits per heavy atom. The third-order valence-corrected chi connectivity index (χ3v) is 5.96. The molecule has 1 N–H and O–H groups in total. The zero-order valence-corrected chi connectivity index (χ0v) is 17.7. The normalized spacial score (nSPS) is 11.2. The van der Waals surface area contributed by atoms with E-state index in [9.17, 15) is 14.3 Å². The number of aryl methyl sites for hydroxylation is 1. The van der Waals surface area contributed by atoms with Crippen molar-refractivity contribution in [3.8, 4) is 33.3 Å². The van der Waals surface area contributed by atoms with Crippen molar-refractivity contribution in [3.05, 3.63) is 87.4 Å². The van der Waals surface area contributed by atoms with E-state index in [1.54, 1.807) is 13.0 Å². The van der Waals surface area contributed by atoms with Gasteiger partial charge in [-0.2, -0.15) is 0 Å². The van der Waals surface area contributed by atoms with Crippen molar-refractivity contribution in [3.63, 3.8) is 0 Å². The number of halogens is 1. The minimum atomic E-state index is -0.761. The highest BCUT2D eigenvalue weighted by Crippen LogP contribution is 2.33. The van der Waals surface area contributed by atoms with Crippen molar-refractivity contribution < 1.29 is 9.50 Å². The fourth-order valence-corrected chi connectivity index (χ4v) is 4.27. The smallest absolute Gasteiger partial charge is 0.267 e. The van der Waals surface area contributed by atoms with Gasteiger partial charge in [-0.1, -0.05) is 38.1 Å². The first-order chi connectivity index (χ1) is 14.4. The quantitative estimate of drug-likeness (QED) is 0.447. The van der Waals surface area contributed by atoms with Crippen LogP contribution >= 0.6 is 11.3 Å². The zero-order valence-electron chi connectivity index (χ0n) is 16.9. The highest BCUT2D eigenvalue weighted by Gasteiger charge is 2.21. The van der Waals surface area contributed by atoms with Crippen LogP contribution < -0.4 is 5.56 Å². The maximum atomic E-state index is 14.1. The second kappa shape index (κ2) is 7.88. The number of benzene rings is 2. The fraction of sp³-hybridized carbons (Fsp3) is 0.167. The van der Waals surface area contributed by atoms with Crippen LogP contribution in [-0.4, -0.2) is 14.7 Å². The van der Waals surface area contributed by atoms with Crippen molar-refractivity contribution in [2.24, 2.45) is 0 Å². The average Bonchev–Trinajstić information content (AvgIpc) is 3.24. The molecule has 6 heteroatoms. The molecule has 0 amide bonds. The van der Waals surface area contributed by atoms with Gasteiger partial charge in [0, 0.05) is 4.88 Å². The molecule has 152 valence electrons. The highest BCUT2D eigenvalue weighted by molar-refractivity contribution is 7.13. The lowest BCUT2D eigenvalue weighted by Gasteiger charge is -2.17. The van der Waals surface area contributed by atoms with Gasteiger partial charge in [-0.15, -0.1) is 11.3 Å². The summed E-state index contributed by atoms with van der Waals surface area (Å²) in [5.74, 6) is -0.740. The van der Waals surface area contributed by atoms with Crippen LogP contribution in [0.1, 0.15) is 31.0 Å². The third-order valence-electron chi connectivity index (χ3n) is 5.08. The van der Waals surface area contributed by atoms with Crippen molar-refractivity contribution in [1.82, 2.24) is 9.55 Å². The Hall–Kier alpha value is -3.25. The Balaban J connectivity index is 2.05. The number of para-hydroxylation sites is 1. The van der Waals surface area contributed by atoms with Crippen LogP contribution in [0.3, 0.4) is 0 Å². The summed E-state index contributed by atoms with van der Waals surface area (Å²) in [6, 6.07) is 15.6. The summed E-state index contributed by atoms with van der Waals surface area (Å²) in [5, 5.41) is 12.3. The number of nitrogens with zero attached hydrogens (tertiary/aromatic N) is 2. The Morgan fingerprint density at radius 3 is 2.43 bits per heavy atom. The first-order valence-corrected chi connectivity index (χ1v) is 10.5. The van der Waals surface area contributed by atoms with Gasteiger partial charge >= 0.3 is 0 Å². The standard InChI is InChI=1S/C24H21FN2O2S/c1-14(2)16-9-11-17(12-10-16)27-23(18-6-4-7-19(25)22(18)28)26-15(3)21(24(27)29)20-8-5-13-30-20/h4-14,28H,1-3H3. The molecule has 2 aromatic heterocycles. The van der Waals surface area contributed by atoms with Crippen LogP contribution in [0.15, 0.2) is 64.8 Å². The number of phenolic OH excluding ortho intramolecular Hbond substituents is 1. The first kappa shape index (κ1) is 20.0. The molecule has 4 aromatic rings. The molecule has 0 saturated carbocycles. The minimum Gasteiger partial charge on any atom is -0.504 e.